The van der Waals surface area contributed by atoms with Crippen LogP contribution in [0.4, 0.5) is 0 Å². The van der Waals surface area contributed by atoms with Crippen LogP contribution < -0.4 is 10.1 Å². The van der Waals surface area contributed by atoms with Crippen molar-refractivity contribution in [3.63, 3.8) is 0 Å². The maximum atomic E-state index is 6.01. The third-order valence-corrected chi connectivity index (χ3v) is 3.26. The van der Waals surface area contributed by atoms with Crippen LogP contribution in [0.2, 0.25) is 0 Å². The van der Waals surface area contributed by atoms with E-state index in [0.717, 1.165) is 30.2 Å². The summed E-state index contributed by atoms with van der Waals surface area (Å²) in [7, 11) is 1.91. The molecule has 3 rings (SSSR count). The summed E-state index contributed by atoms with van der Waals surface area (Å²) in [5.74, 6) is 0.817. The van der Waals surface area contributed by atoms with Crippen molar-refractivity contribution in [3.05, 3.63) is 36.4 Å². The molecule has 0 atom stereocenters. The van der Waals surface area contributed by atoms with Gasteiger partial charge in [-0.2, -0.15) is 5.10 Å². The Bertz CT molecular complexity index is 543. The fourth-order valence-electron chi connectivity index (χ4n) is 2.10. The second-order valence-corrected chi connectivity index (χ2v) is 5.01. The molecular formula is C14H17N3O. The van der Waals surface area contributed by atoms with E-state index in [4.69, 9.17) is 4.74 Å². The zero-order valence-electron chi connectivity index (χ0n) is 10.7. The molecule has 1 aromatic heterocycles. The Kier molecular flexibility index (Phi) is 2.59. The molecule has 1 aliphatic heterocycles. The molecule has 0 unspecified atom stereocenters. The predicted octanol–water partition coefficient (Wildman–Crippen LogP) is 1.83. The van der Waals surface area contributed by atoms with Crippen LogP contribution in [0, 0.1) is 0 Å². The summed E-state index contributed by atoms with van der Waals surface area (Å²) in [6.45, 7) is 3.89. The predicted molar refractivity (Wildman–Crippen MR) is 70.5 cm³/mol. The first-order chi connectivity index (χ1) is 8.66. The van der Waals surface area contributed by atoms with Crippen LogP contribution in [-0.2, 0) is 7.05 Å². The Morgan fingerprint density at radius 3 is 2.61 bits per heavy atom. The van der Waals surface area contributed by atoms with Crippen molar-refractivity contribution in [1.29, 1.82) is 0 Å². The maximum absolute atomic E-state index is 6.01. The molecule has 0 radical (unpaired) electrons. The van der Waals surface area contributed by atoms with Gasteiger partial charge in [-0.3, -0.25) is 0 Å². The molecule has 1 saturated heterocycles. The molecule has 0 bridgehead atoms. The molecule has 2 aromatic rings. The molecule has 4 nitrogen and oxygen atoms in total. The van der Waals surface area contributed by atoms with Crippen LogP contribution in [0.5, 0.6) is 5.88 Å². The summed E-state index contributed by atoms with van der Waals surface area (Å²) in [5, 5.41) is 7.72. The highest BCUT2D eigenvalue weighted by molar-refractivity contribution is 5.59. The van der Waals surface area contributed by atoms with Crippen molar-refractivity contribution in [3.8, 4) is 17.1 Å². The van der Waals surface area contributed by atoms with Gasteiger partial charge in [-0.1, -0.05) is 30.3 Å². The van der Waals surface area contributed by atoms with Gasteiger partial charge in [-0.05, 0) is 6.92 Å². The lowest BCUT2D eigenvalue weighted by Gasteiger charge is -2.38. The average Bonchev–Trinajstić information content (AvgIpc) is 2.70. The molecule has 1 aliphatic rings. The number of hydrogen-bond donors (Lipinski definition) is 1. The summed E-state index contributed by atoms with van der Waals surface area (Å²) < 4.78 is 7.81. The van der Waals surface area contributed by atoms with Gasteiger partial charge in [-0.15, -0.1) is 0 Å². The lowest BCUT2D eigenvalue weighted by Crippen LogP contribution is -2.61. The van der Waals surface area contributed by atoms with Crippen LogP contribution in [0.25, 0.3) is 11.3 Å². The van der Waals surface area contributed by atoms with E-state index in [9.17, 15) is 0 Å². The lowest BCUT2D eigenvalue weighted by molar-refractivity contribution is 0.0266. The normalized spacial score (nSPS) is 17.2. The molecule has 0 spiro atoms. The minimum absolute atomic E-state index is 0.0955. The van der Waals surface area contributed by atoms with Gasteiger partial charge in [0.1, 0.15) is 5.60 Å². The Labute approximate surface area is 107 Å². The van der Waals surface area contributed by atoms with E-state index in [2.05, 4.69) is 29.5 Å². The molecule has 18 heavy (non-hydrogen) atoms. The highest BCUT2D eigenvalue weighted by Gasteiger charge is 2.34. The van der Waals surface area contributed by atoms with Gasteiger partial charge in [0.2, 0.25) is 5.88 Å². The smallest absolute Gasteiger partial charge is 0.212 e. The van der Waals surface area contributed by atoms with Crippen molar-refractivity contribution in [2.45, 2.75) is 12.5 Å². The van der Waals surface area contributed by atoms with Gasteiger partial charge < -0.3 is 10.1 Å². The van der Waals surface area contributed by atoms with Gasteiger partial charge in [0, 0.05) is 31.8 Å². The number of aromatic nitrogens is 2. The van der Waals surface area contributed by atoms with Crippen LogP contribution in [0.15, 0.2) is 36.4 Å². The topological polar surface area (TPSA) is 39.1 Å². The molecule has 2 heterocycles. The Hall–Kier alpha value is -1.81. The summed E-state index contributed by atoms with van der Waals surface area (Å²) in [6, 6.07) is 12.1. The van der Waals surface area contributed by atoms with E-state index >= 15 is 0 Å². The first kappa shape index (κ1) is 11.3. The highest BCUT2D eigenvalue weighted by atomic mass is 16.5. The molecule has 0 aliphatic carbocycles. The first-order valence-electron chi connectivity index (χ1n) is 6.15. The molecule has 1 N–H and O–H groups in total. The molecule has 94 valence electrons. The number of ether oxygens (including phenoxy) is 1. The Morgan fingerprint density at radius 2 is 2.00 bits per heavy atom. The second kappa shape index (κ2) is 4.14. The second-order valence-electron chi connectivity index (χ2n) is 5.01. The minimum Gasteiger partial charge on any atom is -0.469 e. The number of nitrogens with zero attached hydrogens (tertiary/aromatic N) is 2. The minimum atomic E-state index is -0.0955. The summed E-state index contributed by atoms with van der Waals surface area (Å²) in [5.41, 5.74) is 1.96. The number of nitrogens with one attached hydrogen (secondary N) is 1. The van der Waals surface area contributed by atoms with Gasteiger partial charge in [0.15, 0.2) is 0 Å². The van der Waals surface area contributed by atoms with E-state index in [-0.39, 0.29) is 5.60 Å². The third kappa shape index (κ3) is 1.99. The van der Waals surface area contributed by atoms with Crippen LogP contribution in [0.3, 0.4) is 0 Å². The molecule has 4 heteroatoms. The Morgan fingerprint density at radius 1 is 1.28 bits per heavy atom. The molecular weight excluding hydrogens is 226 g/mol. The zero-order chi connectivity index (χ0) is 12.6. The molecule has 0 saturated carbocycles. The van der Waals surface area contributed by atoms with Crippen molar-refractivity contribution in [1.82, 2.24) is 15.1 Å². The van der Waals surface area contributed by atoms with Gasteiger partial charge in [0.05, 0.1) is 5.69 Å². The maximum Gasteiger partial charge on any atom is 0.212 e. The quantitative estimate of drug-likeness (QED) is 0.894. The standard InChI is InChI=1S/C14H17N3O/c1-14(9-15-10-14)18-13-8-12(16-17(13)2)11-6-4-3-5-7-11/h3-8,15H,9-10H2,1-2H3. The van der Waals surface area contributed by atoms with E-state index in [0.29, 0.717) is 0 Å². The van der Waals surface area contributed by atoms with Gasteiger partial charge >= 0.3 is 0 Å². The lowest BCUT2D eigenvalue weighted by atomic mass is 10.0. The van der Waals surface area contributed by atoms with Crippen LogP contribution in [0.1, 0.15) is 6.92 Å². The number of benzene rings is 1. The number of aryl methyl sites for hydroxylation is 1. The largest absolute Gasteiger partial charge is 0.469 e. The van der Waals surface area contributed by atoms with Gasteiger partial charge in [0.25, 0.3) is 0 Å². The van der Waals surface area contributed by atoms with Crippen molar-refractivity contribution in [2.75, 3.05) is 13.1 Å². The van der Waals surface area contributed by atoms with E-state index in [1.165, 1.54) is 0 Å². The van der Waals surface area contributed by atoms with Crippen LogP contribution >= 0.6 is 0 Å². The zero-order valence-corrected chi connectivity index (χ0v) is 10.7. The third-order valence-electron chi connectivity index (χ3n) is 3.26. The van der Waals surface area contributed by atoms with Crippen molar-refractivity contribution in [2.24, 2.45) is 7.05 Å². The highest BCUT2D eigenvalue weighted by Crippen LogP contribution is 2.26. The summed E-state index contributed by atoms with van der Waals surface area (Å²) in [4.78, 5) is 0. The van der Waals surface area contributed by atoms with Gasteiger partial charge in [-0.25, -0.2) is 4.68 Å². The van der Waals surface area contributed by atoms with Crippen LogP contribution in [-0.4, -0.2) is 28.5 Å². The van der Waals surface area contributed by atoms with E-state index in [1.807, 2.05) is 31.3 Å². The van der Waals surface area contributed by atoms with E-state index < -0.39 is 0 Å². The number of hydrogen-bond acceptors (Lipinski definition) is 3. The molecule has 1 aromatic carbocycles. The summed E-state index contributed by atoms with van der Waals surface area (Å²) in [6.07, 6.45) is 0. The van der Waals surface area contributed by atoms with Crippen molar-refractivity contribution >= 4 is 0 Å². The first-order valence-corrected chi connectivity index (χ1v) is 6.15. The number of rotatable bonds is 3. The van der Waals surface area contributed by atoms with E-state index in [1.54, 1.807) is 4.68 Å². The average molecular weight is 243 g/mol. The Balaban J connectivity index is 1.87. The molecule has 1 fully saturated rings. The fourth-order valence-corrected chi connectivity index (χ4v) is 2.10. The molecule has 0 amide bonds. The van der Waals surface area contributed by atoms with Crippen molar-refractivity contribution < 1.29 is 4.74 Å². The monoisotopic (exact) mass is 243 g/mol. The summed E-state index contributed by atoms with van der Waals surface area (Å²) >= 11 is 0. The SMILES string of the molecule is Cn1nc(-c2ccccc2)cc1OC1(C)CNC1. The fraction of sp³-hybridized carbons (Fsp3) is 0.357.